The number of amides is 1. The predicted molar refractivity (Wildman–Crippen MR) is 123 cm³/mol. The molecule has 3 aromatic rings. The number of hydrogen-bond acceptors (Lipinski definition) is 6. The van der Waals surface area contributed by atoms with Crippen LogP contribution >= 0.6 is 23.4 Å². The number of halogens is 2. The van der Waals surface area contributed by atoms with E-state index >= 15 is 0 Å². The number of nitrogens with zero attached hydrogens (tertiary/aromatic N) is 3. The highest BCUT2D eigenvalue weighted by molar-refractivity contribution is 7.99. The molecule has 1 heterocycles. The molecule has 0 saturated heterocycles. The molecule has 1 aromatic heterocycles. The maximum Gasteiger partial charge on any atom is 0.234 e. The lowest BCUT2D eigenvalue weighted by molar-refractivity contribution is -0.113. The Kier molecular flexibility index (Phi) is 8.13. The molecule has 10 heteroatoms. The number of carbonyl (C=O) groups is 1. The highest BCUT2D eigenvalue weighted by Crippen LogP contribution is 2.29. The van der Waals surface area contributed by atoms with E-state index in [1.54, 1.807) is 36.4 Å². The molecule has 168 valence electrons. The number of allylic oxidation sites excluding steroid dienone is 1. The number of nitrogens with one attached hydrogen (secondary N) is 1. The summed E-state index contributed by atoms with van der Waals surface area (Å²) in [6, 6.07) is 10.7. The second kappa shape index (κ2) is 11.0. The maximum absolute atomic E-state index is 13.1. The number of carbonyl (C=O) groups excluding carboxylic acids is 1. The van der Waals surface area contributed by atoms with E-state index in [1.807, 2.05) is 11.5 Å². The fourth-order valence-electron chi connectivity index (χ4n) is 2.87. The van der Waals surface area contributed by atoms with E-state index in [4.69, 9.17) is 21.1 Å². The average molecular weight is 477 g/mol. The van der Waals surface area contributed by atoms with Crippen LogP contribution in [0.25, 0.3) is 0 Å². The van der Waals surface area contributed by atoms with Crippen molar-refractivity contribution in [2.24, 2.45) is 0 Å². The topological polar surface area (TPSA) is 78.3 Å². The molecule has 0 aliphatic carbocycles. The van der Waals surface area contributed by atoms with Crippen molar-refractivity contribution in [1.29, 1.82) is 0 Å². The van der Waals surface area contributed by atoms with Crippen molar-refractivity contribution in [2.75, 3.05) is 18.2 Å². The fourth-order valence-corrected chi connectivity index (χ4v) is 3.80. The molecule has 3 rings (SSSR count). The lowest BCUT2D eigenvalue weighted by Gasteiger charge is -2.15. The van der Waals surface area contributed by atoms with Crippen molar-refractivity contribution in [2.45, 2.75) is 24.7 Å². The molecule has 0 bridgehead atoms. The molecule has 0 saturated carbocycles. The molecule has 0 radical (unpaired) electrons. The summed E-state index contributed by atoms with van der Waals surface area (Å²) in [7, 11) is 1.52. The van der Waals surface area contributed by atoms with Crippen LogP contribution < -0.4 is 14.8 Å². The number of ether oxygens (including phenoxy) is 2. The van der Waals surface area contributed by atoms with Crippen LogP contribution in [0.3, 0.4) is 0 Å². The average Bonchev–Trinajstić information content (AvgIpc) is 3.17. The quantitative estimate of drug-likeness (QED) is 0.322. The van der Waals surface area contributed by atoms with E-state index in [1.165, 1.54) is 31.0 Å². The molecular formula is C22H22ClFN4O3S. The second-order valence-electron chi connectivity index (χ2n) is 6.64. The standard InChI is InChI=1S/C22H22ClFN4O3S/c1-4-11-28-21(14(2)31-17-8-6-16(24)7-9-17)26-27-22(28)32-13-20(29)25-18-12-15(23)5-10-19(18)30-3/h4-10,12,14H,1,11,13H2,2-3H3,(H,25,29). The van der Waals surface area contributed by atoms with Gasteiger partial charge in [0.1, 0.15) is 17.3 Å². The van der Waals surface area contributed by atoms with Gasteiger partial charge in [0.25, 0.3) is 0 Å². The molecule has 2 aromatic carbocycles. The van der Waals surface area contributed by atoms with Crippen molar-refractivity contribution in [3.8, 4) is 11.5 Å². The van der Waals surface area contributed by atoms with E-state index < -0.39 is 6.10 Å². The molecule has 0 spiro atoms. The first kappa shape index (κ1) is 23.6. The van der Waals surface area contributed by atoms with Gasteiger partial charge in [-0.3, -0.25) is 9.36 Å². The summed E-state index contributed by atoms with van der Waals surface area (Å²) in [6.45, 7) is 6.03. The van der Waals surface area contributed by atoms with E-state index in [9.17, 15) is 9.18 Å². The molecule has 32 heavy (non-hydrogen) atoms. The first-order valence-electron chi connectivity index (χ1n) is 9.63. The zero-order chi connectivity index (χ0) is 23.1. The Hall–Kier alpha value is -3.04. The highest BCUT2D eigenvalue weighted by Gasteiger charge is 2.20. The summed E-state index contributed by atoms with van der Waals surface area (Å²) >= 11 is 7.24. The van der Waals surface area contributed by atoms with Gasteiger partial charge in [-0.05, 0) is 49.4 Å². The van der Waals surface area contributed by atoms with Crippen molar-refractivity contribution in [3.05, 3.63) is 71.8 Å². The van der Waals surface area contributed by atoms with E-state index in [2.05, 4.69) is 22.1 Å². The molecule has 1 amide bonds. The number of hydrogen-bond donors (Lipinski definition) is 1. The van der Waals surface area contributed by atoms with Gasteiger partial charge in [-0.1, -0.05) is 29.4 Å². The number of anilines is 1. The minimum Gasteiger partial charge on any atom is -0.495 e. The smallest absolute Gasteiger partial charge is 0.234 e. The van der Waals surface area contributed by atoms with Crippen LogP contribution in [0.5, 0.6) is 11.5 Å². The fraction of sp³-hybridized carbons (Fsp3) is 0.227. The zero-order valence-electron chi connectivity index (χ0n) is 17.5. The third kappa shape index (κ3) is 6.02. The Bertz CT molecular complexity index is 1090. The lowest BCUT2D eigenvalue weighted by Crippen LogP contribution is -2.16. The van der Waals surface area contributed by atoms with Crippen LogP contribution in [0.1, 0.15) is 18.9 Å². The largest absolute Gasteiger partial charge is 0.495 e. The first-order chi connectivity index (χ1) is 15.4. The number of rotatable bonds is 10. The van der Waals surface area contributed by atoms with Gasteiger partial charge in [0.15, 0.2) is 17.1 Å². The molecule has 0 aliphatic heterocycles. The van der Waals surface area contributed by atoms with Gasteiger partial charge >= 0.3 is 0 Å². The van der Waals surface area contributed by atoms with E-state index in [0.717, 1.165) is 0 Å². The summed E-state index contributed by atoms with van der Waals surface area (Å²) in [4.78, 5) is 12.5. The second-order valence-corrected chi connectivity index (χ2v) is 8.01. The molecule has 0 aliphatic rings. The Labute approximate surface area is 194 Å². The maximum atomic E-state index is 13.1. The third-order valence-electron chi connectivity index (χ3n) is 4.32. The number of benzene rings is 2. The summed E-state index contributed by atoms with van der Waals surface area (Å²) in [5.74, 6) is 1.09. The highest BCUT2D eigenvalue weighted by atomic mass is 35.5. The van der Waals surface area contributed by atoms with Crippen molar-refractivity contribution in [3.63, 3.8) is 0 Å². The third-order valence-corrected chi connectivity index (χ3v) is 5.52. The Morgan fingerprint density at radius 1 is 1.31 bits per heavy atom. The number of thioether (sulfide) groups is 1. The number of methoxy groups -OCH3 is 1. The van der Waals surface area contributed by atoms with Crippen LogP contribution in [0.2, 0.25) is 5.02 Å². The van der Waals surface area contributed by atoms with Gasteiger partial charge in [0.05, 0.1) is 18.6 Å². The summed E-state index contributed by atoms with van der Waals surface area (Å²) in [5.41, 5.74) is 0.486. The Morgan fingerprint density at radius 3 is 2.75 bits per heavy atom. The van der Waals surface area contributed by atoms with Gasteiger partial charge in [-0.2, -0.15) is 0 Å². The molecule has 1 unspecified atom stereocenters. The zero-order valence-corrected chi connectivity index (χ0v) is 19.1. The van der Waals surface area contributed by atoms with Gasteiger partial charge in [-0.25, -0.2) is 4.39 Å². The Morgan fingerprint density at radius 2 is 2.06 bits per heavy atom. The molecule has 1 atom stereocenters. The van der Waals surface area contributed by atoms with Gasteiger partial charge in [-0.15, -0.1) is 16.8 Å². The van der Waals surface area contributed by atoms with E-state index in [-0.39, 0.29) is 17.5 Å². The molecular weight excluding hydrogens is 455 g/mol. The van der Waals surface area contributed by atoms with Crippen molar-refractivity contribution < 1.29 is 18.7 Å². The van der Waals surface area contributed by atoms with Gasteiger partial charge < -0.3 is 14.8 Å². The van der Waals surface area contributed by atoms with Crippen LogP contribution in [0.15, 0.2) is 60.3 Å². The van der Waals surface area contributed by atoms with Gasteiger partial charge in [0.2, 0.25) is 5.91 Å². The summed E-state index contributed by atoms with van der Waals surface area (Å²) < 4.78 is 26.0. The lowest BCUT2D eigenvalue weighted by atomic mass is 10.3. The van der Waals surface area contributed by atoms with Crippen molar-refractivity contribution >= 4 is 35.0 Å². The van der Waals surface area contributed by atoms with Gasteiger partial charge in [0, 0.05) is 11.6 Å². The predicted octanol–water partition coefficient (Wildman–Crippen LogP) is 5.14. The normalized spacial score (nSPS) is 11.6. The van der Waals surface area contributed by atoms with E-state index in [0.29, 0.717) is 39.7 Å². The summed E-state index contributed by atoms with van der Waals surface area (Å²) in [6.07, 6.45) is 1.25. The minimum atomic E-state index is -0.452. The molecule has 1 N–H and O–H groups in total. The van der Waals surface area contributed by atoms with Crippen LogP contribution in [0.4, 0.5) is 10.1 Å². The van der Waals surface area contributed by atoms with Crippen molar-refractivity contribution in [1.82, 2.24) is 14.8 Å². The minimum absolute atomic E-state index is 0.0954. The monoisotopic (exact) mass is 476 g/mol. The SMILES string of the molecule is C=CCn1c(SCC(=O)Nc2cc(Cl)ccc2OC)nnc1C(C)Oc1ccc(F)cc1. The van der Waals surface area contributed by atoms with Crippen LogP contribution in [-0.4, -0.2) is 33.5 Å². The van der Waals surface area contributed by atoms with Crippen LogP contribution in [0, 0.1) is 5.82 Å². The number of aromatic nitrogens is 3. The Balaban J connectivity index is 1.68. The van der Waals surface area contributed by atoms with Crippen LogP contribution in [-0.2, 0) is 11.3 Å². The first-order valence-corrected chi connectivity index (χ1v) is 11.0. The summed E-state index contributed by atoms with van der Waals surface area (Å²) in [5, 5.41) is 12.2. The molecule has 0 fully saturated rings. The molecule has 7 nitrogen and oxygen atoms in total.